The van der Waals surface area contributed by atoms with Crippen LogP contribution in [0, 0.1) is 0 Å². The molecule has 0 bridgehead atoms. The Hall–Kier alpha value is -17.9. The molecule has 0 amide bonds. The summed E-state index contributed by atoms with van der Waals surface area (Å²) < 4.78 is 11.3. The number of aromatic nitrogens is 22. The van der Waals surface area contributed by atoms with E-state index in [1.54, 1.807) is 80.6 Å². The minimum Gasteiger partial charge on any atom is -0.446 e. The molecule has 26 heteroatoms. The van der Waals surface area contributed by atoms with Gasteiger partial charge in [-0.25, -0.2) is 35.3 Å². The molecule has 0 spiro atoms. The minimum absolute atomic E-state index is 0.706. The number of rotatable bonds is 0. The van der Waals surface area contributed by atoms with Gasteiger partial charge in [-0.15, -0.1) is 0 Å². The lowest BCUT2D eigenvalue weighted by molar-refractivity contribution is 0.420. The third-order valence-electron chi connectivity index (χ3n) is 18.2. The Balaban J connectivity index is 0.000000110. The number of benzene rings is 9. The topological polar surface area (TPSA) is 343 Å². The van der Waals surface area contributed by atoms with E-state index in [9.17, 15) is 0 Å². The second-order valence-corrected chi connectivity index (χ2v) is 26.7. The summed E-state index contributed by atoms with van der Waals surface area (Å²) in [6.07, 6.45) is 36.6. The van der Waals surface area contributed by atoms with E-state index in [0.717, 1.165) is 83.8 Å². The molecule has 26 aromatic rings. The normalized spacial score (nSPS) is 10.4. The van der Waals surface area contributed by atoms with E-state index in [-0.39, 0.29) is 0 Å². The van der Waals surface area contributed by atoms with Gasteiger partial charge in [-0.1, -0.05) is 193 Å². The number of hydrogen-bond acceptors (Lipinski definition) is 19. The monoisotopic (exact) mass is 1650 g/mol. The average Bonchev–Trinajstić information content (AvgIpc) is 1.16. The van der Waals surface area contributed by atoms with Crippen LogP contribution in [-0.4, -0.2) is 110 Å². The van der Waals surface area contributed by atoms with E-state index < -0.39 is 0 Å². The number of pyridine rings is 6. The Labute approximate surface area is 721 Å². The fraction of sp³-hybridized carbons (Fsp3) is 0.0100. The summed E-state index contributed by atoms with van der Waals surface area (Å²) in [4.78, 5) is 53.6. The van der Waals surface area contributed by atoms with Crippen LogP contribution in [0.3, 0.4) is 0 Å². The zero-order valence-electron chi connectivity index (χ0n) is 67.9. The van der Waals surface area contributed by atoms with Crippen LogP contribution in [-0.2, 0) is 6.54 Å². The molecule has 0 atom stereocenters. The first-order chi connectivity index (χ1) is 62.6. The SMILES string of the molecule is c1ccc2[nH]ccc2c1.c1ccc2[nH]ccc2c1.c1ccc2[nH]ncc2c1.c1ccc2c(c1)CNN2.c1ccc2ccccc2c1.c1ccc2ncccc2c1.c1ccc2ncccc2c1.c1ccc2nccnc2c1.c1ccn2ccnc2c1.c1cnc2cn[nH]c2c1.c1cnc2nc[nH]c2c1.c1cnc2occc2c1.c1cnoc1.c1ncc2cn[nH]c2n1. The van der Waals surface area contributed by atoms with E-state index in [2.05, 4.69) is 242 Å². The summed E-state index contributed by atoms with van der Waals surface area (Å²) in [5.74, 6) is 0. The first kappa shape index (κ1) is 84.5. The number of furan rings is 1. The van der Waals surface area contributed by atoms with E-state index in [1.807, 2.05) is 242 Å². The van der Waals surface area contributed by atoms with Crippen LogP contribution in [0.15, 0.2) is 461 Å². The van der Waals surface area contributed by atoms with E-state index in [0.29, 0.717) is 5.71 Å². The Morgan fingerprint density at radius 2 is 0.802 bits per heavy atom. The van der Waals surface area contributed by atoms with Crippen molar-refractivity contribution in [1.82, 2.24) is 115 Å². The highest BCUT2D eigenvalue weighted by molar-refractivity contribution is 5.84. The summed E-state index contributed by atoms with van der Waals surface area (Å²) >= 11 is 0. The van der Waals surface area contributed by atoms with Crippen LogP contribution in [0.5, 0.6) is 0 Å². The maximum absolute atomic E-state index is 5.01. The maximum Gasteiger partial charge on any atom is 0.225 e. The molecule has 1 aliphatic rings. The van der Waals surface area contributed by atoms with Gasteiger partial charge in [0.05, 0.1) is 87.1 Å². The molecule has 18 heterocycles. The Morgan fingerprint density at radius 3 is 1.39 bits per heavy atom. The van der Waals surface area contributed by atoms with Gasteiger partial charge in [0.15, 0.2) is 11.3 Å². The van der Waals surface area contributed by atoms with Crippen molar-refractivity contribution >= 4 is 132 Å². The molecule has 616 valence electrons. The Morgan fingerprint density at radius 1 is 0.294 bits per heavy atom. The fourth-order valence-corrected chi connectivity index (χ4v) is 12.1. The zero-order valence-corrected chi connectivity index (χ0v) is 67.9. The van der Waals surface area contributed by atoms with Crippen LogP contribution < -0.4 is 10.9 Å². The van der Waals surface area contributed by atoms with Crippen molar-refractivity contribution in [2.75, 3.05) is 5.43 Å². The van der Waals surface area contributed by atoms with Crippen LogP contribution in [0.4, 0.5) is 5.69 Å². The molecule has 17 aromatic heterocycles. The molecule has 9 aromatic carbocycles. The molecule has 126 heavy (non-hydrogen) atoms. The molecule has 1 aliphatic heterocycles. The molecule has 0 aliphatic carbocycles. The lowest BCUT2D eigenvalue weighted by Gasteiger charge is -1.93. The molecule has 0 saturated carbocycles. The quantitative estimate of drug-likeness (QED) is 0.0699. The number of imidazole rings is 2. The summed E-state index contributed by atoms with van der Waals surface area (Å²) in [6.45, 7) is 0.941. The lowest BCUT2D eigenvalue weighted by atomic mass is 10.1. The summed E-state index contributed by atoms with van der Waals surface area (Å²) in [5.41, 5.74) is 22.3. The highest BCUT2D eigenvalue weighted by Crippen LogP contribution is 2.19. The van der Waals surface area contributed by atoms with Gasteiger partial charge in [0.1, 0.15) is 23.8 Å². The van der Waals surface area contributed by atoms with Crippen molar-refractivity contribution in [2.24, 2.45) is 0 Å². The third-order valence-corrected chi connectivity index (χ3v) is 18.2. The summed E-state index contributed by atoms with van der Waals surface area (Å²) in [5, 5.41) is 33.9. The number of fused-ring (bicyclic) bond motifs is 13. The van der Waals surface area contributed by atoms with Crippen molar-refractivity contribution in [1.29, 1.82) is 0 Å². The van der Waals surface area contributed by atoms with Crippen molar-refractivity contribution in [3.05, 3.63) is 458 Å². The molecule has 26 nitrogen and oxygen atoms in total. The van der Waals surface area contributed by atoms with Gasteiger partial charge in [0, 0.05) is 120 Å². The van der Waals surface area contributed by atoms with Crippen molar-refractivity contribution < 1.29 is 8.94 Å². The molecule has 0 unspecified atom stereocenters. The van der Waals surface area contributed by atoms with Crippen molar-refractivity contribution in [3.8, 4) is 0 Å². The van der Waals surface area contributed by atoms with E-state index in [1.165, 1.54) is 67.2 Å². The Kier molecular flexibility index (Phi) is 31.6. The predicted molar refractivity (Wildman–Crippen MR) is 502 cm³/mol. The molecule has 0 fully saturated rings. The van der Waals surface area contributed by atoms with Crippen LogP contribution in [0.2, 0.25) is 0 Å². The van der Waals surface area contributed by atoms with Crippen LogP contribution in [0.1, 0.15) is 5.56 Å². The van der Waals surface area contributed by atoms with E-state index >= 15 is 0 Å². The van der Waals surface area contributed by atoms with Gasteiger partial charge < -0.3 is 33.7 Å². The zero-order chi connectivity index (χ0) is 85.7. The van der Waals surface area contributed by atoms with Crippen LogP contribution >= 0.6 is 0 Å². The first-order valence-corrected chi connectivity index (χ1v) is 39.8. The Bertz CT molecular complexity index is 5910. The minimum atomic E-state index is 0.706. The van der Waals surface area contributed by atoms with Gasteiger partial charge in [-0.2, -0.15) is 15.3 Å². The van der Waals surface area contributed by atoms with Gasteiger partial charge >= 0.3 is 0 Å². The highest BCUT2D eigenvalue weighted by atomic mass is 16.5. The lowest BCUT2D eigenvalue weighted by Crippen LogP contribution is -2.10. The van der Waals surface area contributed by atoms with E-state index in [4.69, 9.17) is 4.42 Å². The molecular weight excluding hydrogens is 1570 g/mol. The number of hydrazine groups is 1. The number of nitrogens with one attached hydrogen (secondary N) is 8. The summed E-state index contributed by atoms with van der Waals surface area (Å²) in [7, 11) is 0. The second kappa shape index (κ2) is 47.0. The number of nitrogens with zero attached hydrogens (tertiary/aromatic N) is 16. The molecular formula is C100H84N24O2. The number of aromatic amines is 6. The first-order valence-electron chi connectivity index (χ1n) is 39.8. The smallest absolute Gasteiger partial charge is 0.225 e. The predicted octanol–water partition coefficient (Wildman–Crippen LogP) is 22.1. The van der Waals surface area contributed by atoms with Gasteiger partial charge in [0.2, 0.25) is 5.71 Å². The largest absolute Gasteiger partial charge is 0.446 e. The molecule has 0 saturated heterocycles. The van der Waals surface area contributed by atoms with Gasteiger partial charge in [-0.3, -0.25) is 40.2 Å². The van der Waals surface area contributed by atoms with Crippen molar-refractivity contribution in [3.63, 3.8) is 0 Å². The highest BCUT2D eigenvalue weighted by Gasteiger charge is 2.06. The summed E-state index contributed by atoms with van der Waals surface area (Å²) in [6, 6.07) is 107. The number of para-hydroxylation sites is 8. The molecule has 27 rings (SSSR count). The van der Waals surface area contributed by atoms with Gasteiger partial charge in [0.25, 0.3) is 0 Å². The van der Waals surface area contributed by atoms with Gasteiger partial charge in [-0.05, 0) is 161 Å². The molecule has 8 N–H and O–H groups in total. The van der Waals surface area contributed by atoms with Crippen molar-refractivity contribution in [2.45, 2.75) is 6.54 Å². The second-order valence-electron chi connectivity index (χ2n) is 26.7. The number of H-pyrrole nitrogens is 6. The fourth-order valence-electron chi connectivity index (χ4n) is 12.1. The number of anilines is 1. The average molecular weight is 1650 g/mol. The standard InChI is InChI=1S/C10H8.2C9H7N.C8H6N2.2C8H7N.C7H6N2.C7H8N2.C7H6N2.C7H5NO.2C6H5N3.C5H4N4.C3H3NO/c1-2-6-10-8-4-3-7-9(10)5-1;2*1-2-6-9-8(4-1)5-3-7-10-9;1-2-4-8-7(3-1)9-5-6-10-8;2*1-2-4-8-7(3-1)5-6-9-8;1-2-5-9-6-4-8-7(9)3-1;2*1-2-4-7-6(3-1)5-8-9-7;1-2-6-3-5-9-7(6)8-4-1;1-2-5-6(7-3-1)9-4-8-5;1-2-5-6(7-3-1)4-8-9-5;1-4-2-8-9-5(4)7-3-6-1;1-2-4-5-3-1/h1-8H;2*1-7H;1-6H;2*1-6,9H;1-6H;1-4,8-9H,5H2;1-5H,(H,8,9);1-5H;1-4H,(H,7,8,9);1-4H,(H,8,9);1-3H,(H,6,7,8,9);1-3H. The van der Waals surface area contributed by atoms with Crippen LogP contribution in [0.25, 0.3) is 126 Å². The number of hydrogen-bond donors (Lipinski definition) is 8. The maximum atomic E-state index is 5.01. The molecule has 0 radical (unpaired) electrons. The third kappa shape index (κ3) is 26.0.